The van der Waals surface area contributed by atoms with Crippen LogP contribution in [0, 0.1) is 6.92 Å². The number of ether oxygens (including phenoxy) is 1. The van der Waals surface area contributed by atoms with Crippen molar-refractivity contribution < 1.29 is 22.7 Å². The topological polar surface area (TPSA) is 96.0 Å². The van der Waals surface area contributed by atoms with Gasteiger partial charge < -0.3 is 15.0 Å². The molecule has 5 rings (SSSR count). The van der Waals surface area contributed by atoms with Gasteiger partial charge in [0.2, 0.25) is 15.9 Å². The number of amides is 2. The highest BCUT2D eigenvalue weighted by molar-refractivity contribution is 7.89. The van der Waals surface area contributed by atoms with Crippen LogP contribution in [0.15, 0.2) is 114 Å². The zero-order chi connectivity index (χ0) is 29.5. The largest absolute Gasteiger partial charge is 0.477 e. The number of anilines is 1. The van der Waals surface area contributed by atoms with Crippen molar-refractivity contribution in [2.45, 2.75) is 30.9 Å². The number of nitrogens with zero attached hydrogens (tertiary/aromatic N) is 2. The fourth-order valence-corrected chi connectivity index (χ4v) is 6.17. The van der Waals surface area contributed by atoms with Gasteiger partial charge in [-0.15, -0.1) is 0 Å². The number of hydrogen-bond acceptors (Lipinski definition) is 5. The fourth-order valence-electron chi connectivity index (χ4n) is 4.78. The summed E-state index contributed by atoms with van der Waals surface area (Å²) in [5, 5.41) is 2.88. The van der Waals surface area contributed by atoms with E-state index in [9.17, 15) is 18.0 Å². The van der Waals surface area contributed by atoms with Crippen molar-refractivity contribution in [3.63, 3.8) is 0 Å². The standard InChI is InChI=1S/C33H33N3O5S/c1-25-16-18-28(19-17-25)42(39,40)35(21-20-26-10-4-2-5-11-26)24-32(37)36-23-31(41-30-15-9-8-14-29(30)36)33(38)34-22-27-12-6-3-7-13-27/h2-19,31H,20-24H2,1H3,(H,34,38)/t31-/m1/s1. The quantitative estimate of drug-likeness (QED) is 0.300. The van der Waals surface area contributed by atoms with E-state index in [1.54, 1.807) is 48.5 Å². The van der Waals surface area contributed by atoms with Crippen LogP contribution < -0.4 is 15.0 Å². The van der Waals surface area contributed by atoms with Crippen LogP contribution in [0.2, 0.25) is 0 Å². The van der Waals surface area contributed by atoms with Gasteiger partial charge in [-0.2, -0.15) is 4.31 Å². The molecular formula is C33H33N3O5S. The van der Waals surface area contributed by atoms with E-state index in [4.69, 9.17) is 4.74 Å². The van der Waals surface area contributed by atoms with Crippen LogP contribution in [0.25, 0.3) is 0 Å². The van der Waals surface area contributed by atoms with Crippen molar-refractivity contribution in [1.82, 2.24) is 9.62 Å². The molecule has 0 aromatic heterocycles. The summed E-state index contributed by atoms with van der Waals surface area (Å²) in [6.45, 7) is 1.87. The fraction of sp³-hybridized carbons (Fsp3) is 0.212. The molecule has 9 heteroatoms. The number of rotatable bonds is 10. The Labute approximate surface area is 246 Å². The normalized spacial score (nSPS) is 14.6. The van der Waals surface area contributed by atoms with E-state index in [1.165, 1.54) is 9.21 Å². The van der Waals surface area contributed by atoms with Crippen LogP contribution in [0.4, 0.5) is 5.69 Å². The molecule has 42 heavy (non-hydrogen) atoms. The van der Waals surface area contributed by atoms with Crippen LogP contribution in [0.3, 0.4) is 0 Å². The Morgan fingerprint density at radius 3 is 2.17 bits per heavy atom. The van der Waals surface area contributed by atoms with Gasteiger partial charge in [-0.25, -0.2) is 8.42 Å². The van der Waals surface area contributed by atoms with E-state index in [0.717, 1.165) is 16.7 Å². The number of hydrogen-bond donors (Lipinski definition) is 1. The number of nitrogens with one attached hydrogen (secondary N) is 1. The molecule has 2 amide bonds. The first-order chi connectivity index (χ1) is 20.3. The van der Waals surface area contributed by atoms with Gasteiger partial charge in [0.25, 0.3) is 5.91 Å². The Morgan fingerprint density at radius 1 is 0.857 bits per heavy atom. The summed E-state index contributed by atoms with van der Waals surface area (Å²) in [6, 6.07) is 32.6. The van der Waals surface area contributed by atoms with Gasteiger partial charge in [0.15, 0.2) is 6.10 Å². The van der Waals surface area contributed by atoms with Gasteiger partial charge in [-0.05, 0) is 48.7 Å². The van der Waals surface area contributed by atoms with Crippen molar-refractivity contribution in [3.8, 4) is 5.75 Å². The summed E-state index contributed by atoms with van der Waals surface area (Å²) in [4.78, 5) is 28.6. The van der Waals surface area contributed by atoms with E-state index in [2.05, 4.69) is 5.32 Å². The molecule has 0 fully saturated rings. The smallest absolute Gasteiger partial charge is 0.263 e. The first-order valence-corrected chi connectivity index (χ1v) is 15.2. The Balaban J connectivity index is 1.38. The summed E-state index contributed by atoms with van der Waals surface area (Å²) in [7, 11) is -3.99. The molecule has 4 aromatic carbocycles. The molecule has 1 aliphatic rings. The first-order valence-electron chi connectivity index (χ1n) is 13.8. The molecule has 0 saturated carbocycles. The van der Waals surface area contributed by atoms with Crippen LogP contribution in [-0.2, 0) is 32.6 Å². The number of benzene rings is 4. The zero-order valence-corrected chi connectivity index (χ0v) is 24.2. The van der Waals surface area contributed by atoms with E-state index in [1.807, 2.05) is 67.6 Å². The lowest BCUT2D eigenvalue weighted by molar-refractivity contribution is -0.128. The second-order valence-electron chi connectivity index (χ2n) is 10.2. The lowest BCUT2D eigenvalue weighted by Crippen LogP contribution is -2.53. The SMILES string of the molecule is Cc1ccc(S(=O)(=O)N(CCc2ccccc2)CC(=O)N2C[C@H](C(=O)NCc3ccccc3)Oc3ccccc32)cc1. The molecule has 1 heterocycles. The van der Waals surface area contributed by atoms with Gasteiger partial charge in [0.05, 0.1) is 23.7 Å². The maximum atomic E-state index is 13.9. The summed E-state index contributed by atoms with van der Waals surface area (Å²) in [6.07, 6.45) is -0.525. The number of fused-ring (bicyclic) bond motifs is 1. The molecule has 0 saturated heterocycles. The van der Waals surface area contributed by atoms with Gasteiger partial charge in [0, 0.05) is 13.1 Å². The molecule has 0 unspecified atom stereocenters. The molecule has 1 atom stereocenters. The average molecular weight is 584 g/mol. The summed E-state index contributed by atoms with van der Waals surface area (Å²) < 4.78 is 34.8. The molecule has 0 radical (unpaired) electrons. The van der Waals surface area contributed by atoms with Crippen molar-refractivity contribution in [2.75, 3.05) is 24.5 Å². The monoisotopic (exact) mass is 583 g/mol. The van der Waals surface area contributed by atoms with Gasteiger partial charge in [0.1, 0.15) is 5.75 Å². The molecule has 0 aliphatic carbocycles. The molecular weight excluding hydrogens is 550 g/mol. The summed E-state index contributed by atoms with van der Waals surface area (Å²) >= 11 is 0. The first kappa shape index (κ1) is 29.0. The van der Waals surface area contributed by atoms with Crippen LogP contribution in [0.5, 0.6) is 5.75 Å². The van der Waals surface area contributed by atoms with Gasteiger partial charge >= 0.3 is 0 Å². The van der Waals surface area contributed by atoms with Crippen molar-refractivity contribution >= 4 is 27.5 Å². The molecule has 0 bridgehead atoms. The molecule has 1 aliphatic heterocycles. The number of sulfonamides is 1. The van der Waals surface area contributed by atoms with Crippen LogP contribution >= 0.6 is 0 Å². The van der Waals surface area contributed by atoms with Crippen LogP contribution in [0.1, 0.15) is 16.7 Å². The Hall–Kier alpha value is -4.47. The maximum Gasteiger partial charge on any atom is 0.263 e. The third kappa shape index (κ3) is 6.87. The highest BCUT2D eigenvalue weighted by Crippen LogP contribution is 2.33. The maximum absolute atomic E-state index is 13.9. The van der Waals surface area contributed by atoms with E-state index < -0.39 is 28.6 Å². The lowest BCUT2D eigenvalue weighted by atomic mass is 10.1. The third-order valence-electron chi connectivity index (χ3n) is 7.14. The highest BCUT2D eigenvalue weighted by Gasteiger charge is 2.36. The Kier molecular flexibility index (Phi) is 9.00. The number of aryl methyl sites for hydroxylation is 1. The minimum absolute atomic E-state index is 0.0480. The zero-order valence-electron chi connectivity index (χ0n) is 23.3. The predicted octanol–water partition coefficient (Wildman–Crippen LogP) is 4.34. The predicted molar refractivity (Wildman–Crippen MR) is 162 cm³/mol. The Morgan fingerprint density at radius 2 is 1.48 bits per heavy atom. The molecule has 8 nitrogen and oxygen atoms in total. The second-order valence-corrected chi connectivity index (χ2v) is 12.1. The number of carbonyl (C=O) groups excluding carboxylic acids is 2. The Bertz CT molecular complexity index is 1630. The molecule has 216 valence electrons. The molecule has 0 spiro atoms. The van der Waals surface area contributed by atoms with E-state index in [0.29, 0.717) is 24.4 Å². The van der Waals surface area contributed by atoms with E-state index >= 15 is 0 Å². The average Bonchev–Trinajstić information content (AvgIpc) is 3.02. The number of para-hydroxylation sites is 2. The van der Waals surface area contributed by atoms with Crippen LogP contribution in [-0.4, -0.2) is 50.3 Å². The minimum atomic E-state index is -3.99. The summed E-state index contributed by atoms with van der Waals surface area (Å²) in [5.41, 5.74) is 3.32. The molecule has 1 N–H and O–H groups in total. The highest BCUT2D eigenvalue weighted by atomic mass is 32.2. The third-order valence-corrected chi connectivity index (χ3v) is 9.00. The lowest BCUT2D eigenvalue weighted by Gasteiger charge is -2.35. The summed E-state index contributed by atoms with van der Waals surface area (Å²) in [5.74, 6) is -0.427. The van der Waals surface area contributed by atoms with Gasteiger partial charge in [-0.1, -0.05) is 90.5 Å². The second kappa shape index (κ2) is 13.0. The number of carbonyl (C=O) groups is 2. The van der Waals surface area contributed by atoms with Gasteiger partial charge in [-0.3, -0.25) is 9.59 Å². The van der Waals surface area contributed by atoms with E-state index in [-0.39, 0.29) is 23.9 Å². The van der Waals surface area contributed by atoms with Crippen molar-refractivity contribution in [1.29, 1.82) is 0 Å². The molecule has 4 aromatic rings. The van der Waals surface area contributed by atoms with Crippen molar-refractivity contribution in [2.24, 2.45) is 0 Å². The van der Waals surface area contributed by atoms with Crippen molar-refractivity contribution in [3.05, 3.63) is 126 Å². The minimum Gasteiger partial charge on any atom is -0.477 e.